The standard InChI is InChI=1S/C13H24N4O6/c1-7(16-12(21)8(15)6-10(18)19)11(20)17-9(13(22)23)4-2-3-5-14/h7-9H,2-6,14-15H2,1H3,(H,16,21)(H,17,20)(H,18,19)(H,22,23)/t7-,8-,9-/m0/s1. The lowest BCUT2D eigenvalue weighted by molar-refractivity contribution is -0.142. The van der Waals surface area contributed by atoms with E-state index in [4.69, 9.17) is 21.7 Å². The first kappa shape index (κ1) is 20.8. The number of rotatable bonds is 11. The number of nitrogens with one attached hydrogen (secondary N) is 2. The molecule has 0 unspecified atom stereocenters. The highest BCUT2D eigenvalue weighted by Gasteiger charge is 2.25. The van der Waals surface area contributed by atoms with Crippen molar-refractivity contribution in [2.24, 2.45) is 11.5 Å². The lowest BCUT2D eigenvalue weighted by atomic mass is 10.1. The van der Waals surface area contributed by atoms with E-state index in [9.17, 15) is 19.2 Å². The van der Waals surface area contributed by atoms with Gasteiger partial charge in [-0.3, -0.25) is 14.4 Å². The molecule has 2 amide bonds. The molecule has 0 aromatic heterocycles. The lowest BCUT2D eigenvalue weighted by Crippen LogP contribution is -2.53. The van der Waals surface area contributed by atoms with Crippen LogP contribution >= 0.6 is 0 Å². The molecule has 0 heterocycles. The zero-order valence-electron chi connectivity index (χ0n) is 12.9. The zero-order chi connectivity index (χ0) is 18.0. The third-order valence-electron chi connectivity index (χ3n) is 3.04. The molecule has 0 saturated carbocycles. The highest BCUT2D eigenvalue weighted by molar-refractivity contribution is 5.92. The van der Waals surface area contributed by atoms with Gasteiger partial charge in [-0.1, -0.05) is 0 Å². The molecule has 0 radical (unpaired) electrons. The maximum atomic E-state index is 11.9. The predicted molar refractivity (Wildman–Crippen MR) is 80.3 cm³/mol. The SMILES string of the molecule is C[C@H](NC(=O)[C@@H](N)CC(=O)O)C(=O)N[C@@H](CCCCN)C(=O)O. The van der Waals surface area contributed by atoms with Crippen molar-refractivity contribution in [1.29, 1.82) is 0 Å². The van der Waals surface area contributed by atoms with Crippen molar-refractivity contribution in [2.75, 3.05) is 6.54 Å². The van der Waals surface area contributed by atoms with E-state index < -0.39 is 48.3 Å². The van der Waals surface area contributed by atoms with Gasteiger partial charge in [0.15, 0.2) is 0 Å². The molecule has 0 saturated heterocycles. The molecule has 0 aromatic carbocycles. The summed E-state index contributed by atoms with van der Waals surface area (Å²) in [6.07, 6.45) is 0.822. The summed E-state index contributed by atoms with van der Waals surface area (Å²) in [6, 6.07) is -3.41. The molecule has 0 rings (SSSR count). The Balaban J connectivity index is 4.47. The normalized spacial score (nSPS) is 14.4. The van der Waals surface area contributed by atoms with Crippen LogP contribution in [0.1, 0.15) is 32.6 Å². The van der Waals surface area contributed by atoms with Crippen molar-refractivity contribution < 1.29 is 29.4 Å². The van der Waals surface area contributed by atoms with Gasteiger partial charge in [0.25, 0.3) is 0 Å². The number of unbranched alkanes of at least 4 members (excludes halogenated alkanes) is 1. The Labute approximate surface area is 133 Å². The van der Waals surface area contributed by atoms with Crippen LogP contribution < -0.4 is 22.1 Å². The average molecular weight is 332 g/mol. The summed E-state index contributed by atoms with van der Waals surface area (Å²) in [5.41, 5.74) is 10.7. The quantitative estimate of drug-likeness (QED) is 0.234. The fourth-order valence-corrected chi connectivity index (χ4v) is 1.71. The van der Waals surface area contributed by atoms with E-state index in [2.05, 4.69) is 10.6 Å². The minimum Gasteiger partial charge on any atom is -0.481 e. The van der Waals surface area contributed by atoms with Gasteiger partial charge in [-0.05, 0) is 32.7 Å². The maximum absolute atomic E-state index is 11.9. The van der Waals surface area contributed by atoms with E-state index in [1.807, 2.05) is 0 Å². The number of hydrogen-bond donors (Lipinski definition) is 6. The van der Waals surface area contributed by atoms with Gasteiger partial charge in [-0.15, -0.1) is 0 Å². The molecular formula is C13H24N4O6. The van der Waals surface area contributed by atoms with Crippen molar-refractivity contribution in [3.63, 3.8) is 0 Å². The third-order valence-corrected chi connectivity index (χ3v) is 3.04. The van der Waals surface area contributed by atoms with Crippen LogP contribution in [0.3, 0.4) is 0 Å². The summed E-state index contributed by atoms with van der Waals surface area (Å²) in [5, 5.41) is 22.2. The zero-order valence-corrected chi connectivity index (χ0v) is 12.9. The van der Waals surface area contributed by atoms with Crippen LogP contribution in [0.4, 0.5) is 0 Å². The predicted octanol–water partition coefficient (Wildman–Crippen LogP) is -2.01. The number of carbonyl (C=O) groups excluding carboxylic acids is 2. The number of nitrogens with two attached hydrogens (primary N) is 2. The fourth-order valence-electron chi connectivity index (χ4n) is 1.71. The van der Waals surface area contributed by atoms with Crippen LogP contribution in [0.15, 0.2) is 0 Å². The summed E-state index contributed by atoms with van der Waals surface area (Å²) in [4.78, 5) is 45.1. The summed E-state index contributed by atoms with van der Waals surface area (Å²) in [7, 11) is 0. The Bertz CT molecular complexity index is 442. The van der Waals surface area contributed by atoms with Gasteiger partial charge in [-0.25, -0.2) is 4.79 Å². The van der Waals surface area contributed by atoms with E-state index in [-0.39, 0.29) is 6.42 Å². The topological polar surface area (TPSA) is 185 Å². The Morgan fingerprint density at radius 2 is 1.65 bits per heavy atom. The number of hydrogen-bond acceptors (Lipinski definition) is 6. The fraction of sp³-hybridized carbons (Fsp3) is 0.692. The summed E-state index contributed by atoms with van der Waals surface area (Å²) in [5.74, 6) is -3.92. The van der Waals surface area contributed by atoms with Crippen molar-refractivity contribution in [2.45, 2.75) is 50.7 Å². The number of amides is 2. The van der Waals surface area contributed by atoms with Gasteiger partial charge in [-0.2, -0.15) is 0 Å². The second kappa shape index (κ2) is 10.5. The van der Waals surface area contributed by atoms with Crippen LogP contribution in [0.2, 0.25) is 0 Å². The van der Waals surface area contributed by atoms with Gasteiger partial charge in [0.05, 0.1) is 12.5 Å². The van der Waals surface area contributed by atoms with Crippen molar-refractivity contribution >= 4 is 23.8 Å². The minimum atomic E-state index is -1.29. The molecule has 8 N–H and O–H groups in total. The van der Waals surface area contributed by atoms with Gasteiger partial charge in [0, 0.05) is 0 Å². The van der Waals surface area contributed by atoms with E-state index in [1.165, 1.54) is 6.92 Å². The van der Waals surface area contributed by atoms with Crippen molar-refractivity contribution in [1.82, 2.24) is 10.6 Å². The van der Waals surface area contributed by atoms with Crippen molar-refractivity contribution in [3.05, 3.63) is 0 Å². The van der Waals surface area contributed by atoms with Gasteiger partial charge < -0.3 is 32.3 Å². The molecule has 10 heteroatoms. The molecule has 3 atom stereocenters. The number of carboxylic acids is 2. The molecular weight excluding hydrogens is 308 g/mol. The highest BCUT2D eigenvalue weighted by Crippen LogP contribution is 2.01. The number of aliphatic carboxylic acids is 2. The molecule has 132 valence electrons. The Hall–Kier alpha value is -2.20. The number of carboxylic acid groups (broad SMARTS) is 2. The Kier molecular flexibility index (Phi) is 9.51. The van der Waals surface area contributed by atoms with E-state index in [1.54, 1.807) is 0 Å². The van der Waals surface area contributed by atoms with Crippen LogP contribution in [0, 0.1) is 0 Å². The first-order valence-corrected chi connectivity index (χ1v) is 7.20. The summed E-state index contributed by atoms with van der Waals surface area (Å²) in [6.45, 7) is 1.77. The van der Waals surface area contributed by atoms with Gasteiger partial charge in [0.2, 0.25) is 11.8 Å². The molecule has 10 nitrogen and oxygen atoms in total. The van der Waals surface area contributed by atoms with Crippen LogP contribution in [-0.2, 0) is 19.2 Å². The van der Waals surface area contributed by atoms with E-state index in [0.717, 1.165) is 0 Å². The molecule has 0 aromatic rings. The molecule has 23 heavy (non-hydrogen) atoms. The van der Waals surface area contributed by atoms with Crippen molar-refractivity contribution in [3.8, 4) is 0 Å². The first-order valence-electron chi connectivity index (χ1n) is 7.20. The summed E-state index contributed by atoms with van der Waals surface area (Å²) >= 11 is 0. The van der Waals surface area contributed by atoms with Gasteiger partial charge in [0.1, 0.15) is 12.1 Å². The Morgan fingerprint density at radius 3 is 2.13 bits per heavy atom. The third kappa shape index (κ3) is 8.73. The largest absolute Gasteiger partial charge is 0.481 e. The highest BCUT2D eigenvalue weighted by atomic mass is 16.4. The second-order valence-corrected chi connectivity index (χ2v) is 5.12. The molecule has 0 spiro atoms. The molecule has 0 aliphatic rings. The molecule has 0 aliphatic carbocycles. The Morgan fingerprint density at radius 1 is 1.04 bits per heavy atom. The second-order valence-electron chi connectivity index (χ2n) is 5.12. The van der Waals surface area contributed by atoms with Crippen LogP contribution in [0.5, 0.6) is 0 Å². The van der Waals surface area contributed by atoms with E-state index >= 15 is 0 Å². The monoisotopic (exact) mass is 332 g/mol. The minimum absolute atomic E-state index is 0.220. The first-order chi connectivity index (χ1) is 10.7. The lowest BCUT2D eigenvalue weighted by Gasteiger charge is -2.19. The summed E-state index contributed by atoms with van der Waals surface area (Å²) < 4.78 is 0. The average Bonchev–Trinajstić information content (AvgIpc) is 2.44. The molecule has 0 fully saturated rings. The number of carbonyl (C=O) groups is 4. The smallest absolute Gasteiger partial charge is 0.326 e. The van der Waals surface area contributed by atoms with Gasteiger partial charge >= 0.3 is 11.9 Å². The molecule has 0 bridgehead atoms. The van der Waals surface area contributed by atoms with Crippen LogP contribution in [0.25, 0.3) is 0 Å². The van der Waals surface area contributed by atoms with E-state index in [0.29, 0.717) is 19.4 Å². The maximum Gasteiger partial charge on any atom is 0.326 e. The molecule has 0 aliphatic heterocycles. The van der Waals surface area contributed by atoms with Crippen LogP contribution in [-0.4, -0.2) is 58.6 Å².